The van der Waals surface area contributed by atoms with Crippen molar-refractivity contribution in [2.45, 2.75) is 85.7 Å². The van der Waals surface area contributed by atoms with Crippen LogP contribution in [-0.4, -0.2) is 179 Å². The van der Waals surface area contributed by atoms with E-state index < -0.39 is 37.1 Å². The van der Waals surface area contributed by atoms with Crippen LogP contribution in [0.5, 0.6) is 23.0 Å². The van der Waals surface area contributed by atoms with E-state index >= 15 is 0 Å². The summed E-state index contributed by atoms with van der Waals surface area (Å²) in [6.07, 6.45) is 0.473. The molecule has 4 unspecified atom stereocenters. The Morgan fingerprint density at radius 3 is 1.35 bits per heavy atom. The van der Waals surface area contributed by atoms with Crippen LogP contribution in [0.25, 0.3) is 0 Å². The number of carbonyl (C=O) groups excluding carboxylic acids is 2. The predicted octanol–water partition coefficient (Wildman–Crippen LogP) is -8.28. The summed E-state index contributed by atoms with van der Waals surface area (Å²) < 4.78 is 33.7. The minimum Gasteiger partial charge on any atom is -0.669 e. The van der Waals surface area contributed by atoms with Crippen molar-refractivity contribution < 1.29 is 137 Å². The molecule has 0 bridgehead atoms. The number of ether oxygens (including phenoxy) is 4. The maximum Gasteiger partial charge on any atom is 1.00 e. The Labute approximate surface area is 423 Å². The summed E-state index contributed by atoms with van der Waals surface area (Å²) in [6.45, 7) is -1.80. The number of rotatable bonds is 12. The third-order valence-corrected chi connectivity index (χ3v) is 13.6. The molecule has 348 valence electrons. The molecule has 4 saturated heterocycles. The minimum atomic E-state index is -3.09. The van der Waals surface area contributed by atoms with Gasteiger partial charge >= 0.3 is 84.6 Å². The van der Waals surface area contributed by atoms with Gasteiger partial charge in [0.15, 0.2) is 0 Å². The molecule has 0 aromatic heterocycles. The number of nitrogens with two attached hydrogens (primary N) is 2. The van der Waals surface area contributed by atoms with Crippen molar-refractivity contribution in [2.24, 2.45) is 11.5 Å². The Morgan fingerprint density at radius 2 is 1.03 bits per heavy atom. The van der Waals surface area contributed by atoms with E-state index in [1.807, 2.05) is 0 Å². The fraction of sp³-hybridized carbons (Fsp3) is 0.600. The van der Waals surface area contributed by atoms with Gasteiger partial charge in [0.05, 0.1) is 75.9 Å². The average molecular weight is 943 g/mol. The number of nitrogens with zero attached hydrogens (tertiary/aromatic N) is 2. The molecule has 6 aliphatic heterocycles. The van der Waals surface area contributed by atoms with Crippen LogP contribution in [0, 0.1) is 0 Å². The van der Waals surface area contributed by atoms with Gasteiger partial charge in [-0.3, -0.25) is 9.59 Å². The Morgan fingerprint density at radius 1 is 0.652 bits per heavy atom. The molecule has 8 aliphatic rings. The van der Waals surface area contributed by atoms with Crippen molar-refractivity contribution >= 4 is 37.3 Å². The molecule has 8 atom stereocenters. The molecule has 2 saturated carbocycles. The second-order valence-corrected chi connectivity index (χ2v) is 18.2. The first-order valence-corrected chi connectivity index (χ1v) is 21.9. The van der Waals surface area contributed by atoms with Gasteiger partial charge in [0.25, 0.3) is 0 Å². The summed E-state index contributed by atoms with van der Waals surface area (Å²) >= 11 is 0. The first-order chi connectivity index (χ1) is 30.5. The maximum absolute atomic E-state index is 12.5. The van der Waals surface area contributed by atoms with Crippen LogP contribution in [-0.2, 0) is 19.1 Å². The second kappa shape index (κ2) is 20.3. The summed E-state index contributed by atoms with van der Waals surface area (Å²) in [5.74, 6) is -3.57. The van der Waals surface area contributed by atoms with Crippen LogP contribution >= 0.6 is 0 Å². The number of aromatic carboxylic acids is 2. The van der Waals surface area contributed by atoms with E-state index in [0.29, 0.717) is 89.5 Å². The number of nitrogens with one attached hydrogen (secondary N) is 2. The minimum absolute atomic E-state index is 0. The van der Waals surface area contributed by atoms with Crippen LogP contribution in [0.1, 0.15) is 69.4 Å². The van der Waals surface area contributed by atoms with E-state index in [-0.39, 0.29) is 166 Å². The number of hydrogen-bond acceptors (Lipinski definition) is 18. The molecule has 2 aromatic carbocycles. The number of amides is 2. The van der Waals surface area contributed by atoms with Crippen LogP contribution in [0.4, 0.5) is 0 Å². The zero-order chi connectivity index (χ0) is 45.2. The number of hydrogen-bond donors (Lipinski definition) is 10. The number of morpholine rings is 2. The summed E-state index contributed by atoms with van der Waals surface area (Å²) in [4.78, 5) is 52.2. The Kier molecular flexibility index (Phi) is 15.7. The van der Waals surface area contributed by atoms with E-state index in [4.69, 9.17) is 39.7 Å². The third kappa shape index (κ3) is 10.5. The average Bonchev–Trinajstić information content (AvgIpc) is 4.15. The number of likely N-dealkylation sites (tertiary alicyclic amines) is 2. The fourth-order valence-corrected chi connectivity index (χ4v) is 9.57. The van der Waals surface area contributed by atoms with Crippen LogP contribution in [0.15, 0.2) is 24.3 Å². The number of carboxylic acids is 2. The fourth-order valence-electron chi connectivity index (χ4n) is 9.57. The van der Waals surface area contributed by atoms with E-state index in [0.717, 1.165) is 0 Å². The third-order valence-electron chi connectivity index (χ3n) is 13.6. The van der Waals surface area contributed by atoms with Crippen molar-refractivity contribution in [1.29, 1.82) is 0 Å². The monoisotopic (exact) mass is 942 g/mol. The zero-order valence-electron chi connectivity index (χ0n) is 37.0. The van der Waals surface area contributed by atoms with Gasteiger partial charge in [-0.1, -0.05) is 36.6 Å². The zero-order valence-corrected chi connectivity index (χ0v) is 41.0. The first-order valence-electron chi connectivity index (χ1n) is 21.9. The van der Waals surface area contributed by atoms with Crippen molar-refractivity contribution in [2.75, 3.05) is 65.6 Å². The van der Waals surface area contributed by atoms with Crippen molar-refractivity contribution in [3.05, 3.63) is 46.5 Å². The molecule has 0 radical (unpaired) electrons. The van der Waals surface area contributed by atoms with Crippen molar-refractivity contribution in [3.63, 3.8) is 0 Å². The molecule has 12 N–H and O–H groups in total. The predicted molar refractivity (Wildman–Crippen MR) is 223 cm³/mol. The van der Waals surface area contributed by atoms with Gasteiger partial charge in [-0.15, -0.1) is 0 Å². The van der Waals surface area contributed by atoms with E-state index in [2.05, 4.69) is 10.6 Å². The number of carbonyl (C=O) groups is 4. The van der Waals surface area contributed by atoms with Crippen molar-refractivity contribution in [1.82, 2.24) is 20.4 Å². The Balaban J connectivity index is 0.000000191. The van der Waals surface area contributed by atoms with Gasteiger partial charge in [0, 0.05) is 38.3 Å². The molecule has 2 aliphatic carbocycles. The smallest absolute Gasteiger partial charge is 0.669 e. The molecule has 0 spiro atoms. The SMILES string of the molecule is NCC1COC(CC(=O)N2CC(Oc3ccc4c(c3C(=O)O)O[B-](O)(O)[C@H]3C[C@@H]43)C2)CN1.NCC1COC(CC(=O)N2CC(Oc3ccc4c(c3C(=O)O)O[B-](O)(O)[C@H]3C[C@@H]43)C2)CN1.[Na+].[Na+]. The Bertz CT molecular complexity index is 2020. The normalized spacial score (nSPS) is 29.5. The van der Waals surface area contributed by atoms with E-state index in [1.165, 1.54) is 0 Å². The number of fused-ring (bicyclic) bond motifs is 6. The van der Waals surface area contributed by atoms with E-state index in [1.54, 1.807) is 34.1 Å². The largest absolute Gasteiger partial charge is 1.00 e. The quantitative estimate of drug-likeness (QED) is 0.0884. The van der Waals surface area contributed by atoms with Gasteiger partial charge in [0.2, 0.25) is 11.8 Å². The molecule has 6 heterocycles. The number of carboxylic acid groups (broad SMARTS) is 2. The molecular formula is C40H54B2N6Na2O16. The summed E-state index contributed by atoms with van der Waals surface area (Å²) in [6, 6.07) is 6.82. The van der Waals surface area contributed by atoms with Crippen LogP contribution in [0.2, 0.25) is 11.6 Å². The van der Waals surface area contributed by atoms with Crippen LogP contribution < -0.4 is 100.0 Å². The van der Waals surface area contributed by atoms with Gasteiger partial charge in [0.1, 0.15) is 34.8 Å². The number of benzene rings is 2. The molecule has 26 heteroatoms. The maximum atomic E-state index is 12.5. The Hall–Kier alpha value is -2.75. The molecule has 22 nitrogen and oxygen atoms in total. The second-order valence-electron chi connectivity index (χ2n) is 18.2. The topological polar surface area (TPSA) is 328 Å². The summed E-state index contributed by atoms with van der Waals surface area (Å²) in [5.41, 5.74) is 12.1. The molecule has 6 fully saturated rings. The summed E-state index contributed by atoms with van der Waals surface area (Å²) in [7, 11) is 0. The standard InChI is InChI=1S/2C20H27BN3O8.2Na/c2*22-5-10-9-30-11(6-23-10)3-17(25)24-7-12(8-24)31-16-2-1-13-14-4-15(14)21(28,29)32-19(13)18(16)20(26)27;;/h2*1-2,10-12,14-15,23,28-29H,3-9,22H2,(H,26,27);;/q2*-1;2*+1/t2*10?,11?,14-,15-;;/m00../s1. The molecular weight excluding hydrogens is 888 g/mol. The van der Waals surface area contributed by atoms with Gasteiger partial charge in [-0.05, 0) is 35.1 Å². The van der Waals surface area contributed by atoms with Crippen LogP contribution in [0.3, 0.4) is 0 Å². The van der Waals surface area contributed by atoms with Gasteiger partial charge in [-0.2, -0.15) is 0 Å². The molecule has 2 amide bonds. The van der Waals surface area contributed by atoms with E-state index in [9.17, 15) is 49.5 Å². The molecule has 2 aromatic rings. The molecule has 66 heavy (non-hydrogen) atoms. The van der Waals surface area contributed by atoms with Gasteiger partial charge < -0.3 is 90.5 Å². The molecule has 10 rings (SSSR count). The first kappa shape index (κ1) is 51.1. The van der Waals surface area contributed by atoms with Gasteiger partial charge in [-0.25, -0.2) is 9.59 Å². The van der Waals surface area contributed by atoms with Crippen molar-refractivity contribution in [3.8, 4) is 23.0 Å². The summed E-state index contributed by atoms with van der Waals surface area (Å²) in [5, 5.41) is 66.5.